The zero-order valence-corrected chi connectivity index (χ0v) is 21.3. The quantitative estimate of drug-likeness (QED) is 0.251. The second-order valence-corrected chi connectivity index (χ2v) is 8.79. The van der Waals surface area contributed by atoms with E-state index in [1.54, 1.807) is 0 Å². The summed E-state index contributed by atoms with van der Waals surface area (Å²) >= 11 is 0. The topological polar surface area (TPSA) is 73.9 Å². The number of rotatable bonds is 13. The van der Waals surface area contributed by atoms with Crippen LogP contribution in [0, 0.1) is 0 Å². The fourth-order valence-electron chi connectivity index (χ4n) is 3.98. The molecule has 0 spiro atoms. The first-order valence-corrected chi connectivity index (χ1v) is 12.5. The number of para-hydroxylation sites is 1. The van der Waals surface area contributed by atoms with Gasteiger partial charge in [0.05, 0.1) is 13.2 Å². The van der Waals surface area contributed by atoms with E-state index in [4.69, 9.17) is 14.2 Å². The molecular formula is C32H31NO5. The predicted octanol–water partition coefficient (Wildman–Crippen LogP) is 5.68. The molecule has 0 heterocycles. The molecule has 194 valence electrons. The van der Waals surface area contributed by atoms with Crippen LogP contribution in [0.5, 0.6) is 11.5 Å². The van der Waals surface area contributed by atoms with E-state index in [1.165, 1.54) is 7.11 Å². The minimum Gasteiger partial charge on any atom is -0.457 e. The smallest absolute Gasteiger partial charge is 0.254 e. The Bertz CT molecular complexity index is 1280. The van der Waals surface area contributed by atoms with Crippen LogP contribution in [0.2, 0.25) is 0 Å². The van der Waals surface area contributed by atoms with Gasteiger partial charge in [-0.05, 0) is 41.0 Å². The van der Waals surface area contributed by atoms with Crippen molar-refractivity contribution < 1.29 is 23.8 Å². The summed E-state index contributed by atoms with van der Waals surface area (Å²) in [7, 11) is 1.47. The van der Waals surface area contributed by atoms with Gasteiger partial charge >= 0.3 is 0 Å². The van der Waals surface area contributed by atoms with Gasteiger partial charge in [-0.1, -0.05) is 91.0 Å². The zero-order valence-electron chi connectivity index (χ0n) is 21.3. The first-order chi connectivity index (χ1) is 18.6. The zero-order chi connectivity index (χ0) is 26.6. The molecule has 4 aromatic carbocycles. The highest BCUT2D eigenvalue weighted by Gasteiger charge is 2.27. The number of carbonyl (C=O) groups excluding carboxylic acids is 2. The summed E-state index contributed by atoms with van der Waals surface area (Å²) in [5, 5.41) is 2.85. The number of hydrogen-bond acceptors (Lipinski definition) is 5. The number of benzene rings is 4. The van der Waals surface area contributed by atoms with Gasteiger partial charge in [0.2, 0.25) is 0 Å². The van der Waals surface area contributed by atoms with Crippen molar-refractivity contribution in [3.8, 4) is 11.5 Å². The fourth-order valence-corrected chi connectivity index (χ4v) is 3.98. The maximum Gasteiger partial charge on any atom is 0.254 e. The van der Waals surface area contributed by atoms with Gasteiger partial charge in [-0.3, -0.25) is 9.59 Å². The first-order valence-electron chi connectivity index (χ1n) is 12.5. The Morgan fingerprint density at radius 1 is 0.711 bits per heavy atom. The highest BCUT2D eigenvalue weighted by molar-refractivity contribution is 5.92. The minimum atomic E-state index is -0.840. The highest BCUT2D eigenvalue weighted by atomic mass is 16.5. The molecular weight excluding hydrogens is 478 g/mol. The molecule has 4 aromatic rings. The Labute approximate surface area is 223 Å². The van der Waals surface area contributed by atoms with Gasteiger partial charge in [-0.15, -0.1) is 0 Å². The van der Waals surface area contributed by atoms with Crippen molar-refractivity contribution in [2.75, 3.05) is 13.7 Å². The van der Waals surface area contributed by atoms with E-state index in [9.17, 15) is 9.59 Å². The molecule has 0 saturated carbocycles. The van der Waals surface area contributed by atoms with Crippen LogP contribution in [0.25, 0.3) is 0 Å². The van der Waals surface area contributed by atoms with Crippen LogP contribution < -0.4 is 10.1 Å². The van der Waals surface area contributed by atoms with Crippen molar-refractivity contribution in [1.29, 1.82) is 0 Å². The third-order valence-corrected chi connectivity index (χ3v) is 5.96. The van der Waals surface area contributed by atoms with E-state index in [0.29, 0.717) is 17.9 Å². The van der Waals surface area contributed by atoms with Crippen LogP contribution >= 0.6 is 0 Å². The summed E-state index contributed by atoms with van der Waals surface area (Å²) < 4.78 is 17.1. The van der Waals surface area contributed by atoms with Crippen molar-refractivity contribution in [1.82, 2.24) is 5.32 Å². The van der Waals surface area contributed by atoms with Crippen molar-refractivity contribution >= 4 is 11.7 Å². The van der Waals surface area contributed by atoms with Crippen LogP contribution in [-0.4, -0.2) is 31.4 Å². The number of methoxy groups -OCH3 is 1. The lowest BCUT2D eigenvalue weighted by Crippen LogP contribution is -2.46. The van der Waals surface area contributed by atoms with Crippen molar-refractivity contribution in [2.45, 2.75) is 25.2 Å². The van der Waals surface area contributed by atoms with Gasteiger partial charge < -0.3 is 19.5 Å². The van der Waals surface area contributed by atoms with E-state index in [2.05, 4.69) is 5.32 Å². The Hall–Kier alpha value is -4.26. The Morgan fingerprint density at radius 2 is 1.29 bits per heavy atom. The molecule has 6 heteroatoms. The number of ether oxygens (including phenoxy) is 3. The molecule has 0 bridgehead atoms. The van der Waals surface area contributed by atoms with Gasteiger partial charge in [0, 0.05) is 13.5 Å². The molecule has 0 aromatic heterocycles. The van der Waals surface area contributed by atoms with Crippen molar-refractivity contribution in [3.63, 3.8) is 0 Å². The molecule has 0 aliphatic carbocycles. The lowest BCUT2D eigenvalue weighted by molar-refractivity contribution is -0.136. The van der Waals surface area contributed by atoms with Gasteiger partial charge in [0.1, 0.15) is 17.5 Å². The molecule has 0 aliphatic heterocycles. The number of amides is 1. The number of Topliss-reactive ketones (excluding diaryl/α,β-unsaturated/α-hetero) is 1. The molecule has 1 amide bonds. The number of nitrogens with one attached hydrogen (secondary N) is 1. The standard InChI is InChI=1S/C32H31NO5/c1-36-31(26-13-7-3-8-14-26)32(35)33-29(23-37-22-25-11-5-2-6-12-25)30(34)21-24-17-19-28(20-18-24)38-27-15-9-4-10-16-27/h2-20,29,31H,21-23H2,1H3,(H,33,35)/t29?,31-/m0/s1. The SMILES string of the molecule is CO[C@H](C(=O)NC(COCc1ccccc1)C(=O)Cc1ccc(Oc2ccccc2)cc1)c1ccccc1. The van der Waals surface area contributed by atoms with E-state index >= 15 is 0 Å². The fraction of sp³-hybridized carbons (Fsp3) is 0.188. The van der Waals surface area contributed by atoms with E-state index < -0.39 is 18.1 Å². The molecule has 0 aliphatic rings. The maximum absolute atomic E-state index is 13.3. The molecule has 0 radical (unpaired) electrons. The molecule has 6 nitrogen and oxygen atoms in total. The summed E-state index contributed by atoms with van der Waals surface area (Å²) in [5.41, 5.74) is 2.50. The summed E-state index contributed by atoms with van der Waals surface area (Å²) in [4.78, 5) is 26.5. The highest BCUT2D eigenvalue weighted by Crippen LogP contribution is 2.22. The monoisotopic (exact) mass is 509 g/mol. The third-order valence-electron chi connectivity index (χ3n) is 5.96. The van der Waals surface area contributed by atoms with E-state index in [0.717, 1.165) is 16.9 Å². The summed E-state index contributed by atoms with van der Waals surface area (Å²) in [6.45, 7) is 0.373. The molecule has 0 saturated heterocycles. The Morgan fingerprint density at radius 3 is 1.92 bits per heavy atom. The molecule has 0 fully saturated rings. The summed E-state index contributed by atoms with van der Waals surface area (Å²) in [6.07, 6.45) is -0.705. The van der Waals surface area contributed by atoms with Gasteiger partial charge in [-0.2, -0.15) is 0 Å². The van der Waals surface area contributed by atoms with Crippen LogP contribution in [0.15, 0.2) is 115 Å². The normalized spacial score (nSPS) is 12.3. The molecule has 4 rings (SSSR count). The van der Waals surface area contributed by atoms with Crippen LogP contribution in [0.3, 0.4) is 0 Å². The first kappa shape index (κ1) is 26.8. The van der Waals surface area contributed by atoms with E-state index in [-0.39, 0.29) is 18.8 Å². The Kier molecular flexibility index (Phi) is 9.79. The van der Waals surface area contributed by atoms with Gasteiger partial charge in [0.25, 0.3) is 5.91 Å². The number of ketones is 1. The van der Waals surface area contributed by atoms with Crippen molar-refractivity contribution in [3.05, 3.63) is 132 Å². The second kappa shape index (κ2) is 13.9. The average Bonchev–Trinajstić information content (AvgIpc) is 2.95. The molecule has 2 atom stereocenters. The van der Waals surface area contributed by atoms with Crippen LogP contribution in [-0.2, 0) is 32.1 Å². The Balaban J connectivity index is 1.42. The van der Waals surface area contributed by atoms with Crippen LogP contribution in [0.4, 0.5) is 0 Å². The predicted molar refractivity (Wildman–Crippen MR) is 146 cm³/mol. The van der Waals surface area contributed by atoms with E-state index in [1.807, 2.05) is 115 Å². The summed E-state index contributed by atoms with van der Waals surface area (Å²) in [6, 6.07) is 34.9. The number of hydrogen-bond donors (Lipinski definition) is 1. The average molecular weight is 510 g/mol. The lowest BCUT2D eigenvalue weighted by atomic mass is 10.0. The number of carbonyl (C=O) groups is 2. The molecule has 1 N–H and O–H groups in total. The molecule has 38 heavy (non-hydrogen) atoms. The second-order valence-electron chi connectivity index (χ2n) is 8.79. The van der Waals surface area contributed by atoms with Crippen molar-refractivity contribution in [2.24, 2.45) is 0 Å². The maximum atomic E-state index is 13.3. The third kappa shape index (κ3) is 7.87. The minimum absolute atomic E-state index is 0.0416. The van der Waals surface area contributed by atoms with Gasteiger partial charge in [-0.25, -0.2) is 0 Å². The molecule has 1 unspecified atom stereocenters. The van der Waals surface area contributed by atoms with Crippen LogP contribution in [0.1, 0.15) is 22.8 Å². The summed E-state index contributed by atoms with van der Waals surface area (Å²) in [5.74, 6) is 0.855. The largest absolute Gasteiger partial charge is 0.457 e. The van der Waals surface area contributed by atoms with Gasteiger partial charge in [0.15, 0.2) is 11.9 Å². The lowest BCUT2D eigenvalue weighted by Gasteiger charge is -2.22.